The Morgan fingerprint density at radius 3 is 2.68 bits per heavy atom. The van der Waals surface area contributed by atoms with E-state index in [-0.39, 0.29) is 43.2 Å². The van der Waals surface area contributed by atoms with Crippen LogP contribution in [0.25, 0.3) is 16.7 Å². The van der Waals surface area contributed by atoms with E-state index < -0.39 is 36.5 Å². The van der Waals surface area contributed by atoms with Crippen molar-refractivity contribution in [3.05, 3.63) is 59.4 Å². The third kappa shape index (κ3) is 4.24. The maximum atomic E-state index is 14.9. The van der Waals surface area contributed by atoms with Gasteiger partial charge in [-0.25, -0.2) is 23.1 Å². The molecule has 0 bridgehead atoms. The van der Waals surface area contributed by atoms with Crippen LogP contribution in [0.1, 0.15) is 60.0 Å². The summed E-state index contributed by atoms with van der Waals surface area (Å²) in [5, 5.41) is 11.7. The van der Waals surface area contributed by atoms with Gasteiger partial charge in [-0.2, -0.15) is 0 Å². The summed E-state index contributed by atoms with van der Waals surface area (Å²) in [5.41, 5.74) is -0.923. The molecule has 37 heavy (non-hydrogen) atoms. The number of hydrogen-bond acceptors (Lipinski definition) is 7. The van der Waals surface area contributed by atoms with Crippen molar-refractivity contribution in [2.75, 3.05) is 25.4 Å². The minimum Gasteiger partial charge on any atom is -0.373 e. The maximum Gasteiger partial charge on any atom is 0.266 e. The molecule has 1 atom stereocenters. The Hall–Kier alpha value is -3.80. The van der Waals surface area contributed by atoms with Gasteiger partial charge in [0.2, 0.25) is 5.91 Å². The minimum absolute atomic E-state index is 0.0222. The number of methoxy groups -OCH3 is 1. The number of hydrogen-bond donors (Lipinski definition) is 1. The fourth-order valence-electron chi connectivity index (χ4n) is 4.91. The molecule has 1 amide bonds. The van der Waals surface area contributed by atoms with Gasteiger partial charge in [0.25, 0.3) is 6.43 Å². The van der Waals surface area contributed by atoms with Gasteiger partial charge >= 0.3 is 0 Å². The zero-order chi connectivity index (χ0) is 28.8. The van der Waals surface area contributed by atoms with E-state index in [1.807, 2.05) is 0 Å². The number of benzene rings is 1. The number of piperidine rings is 1. The summed E-state index contributed by atoms with van der Waals surface area (Å²) in [5.74, 6) is -0.896. The van der Waals surface area contributed by atoms with Crippen LogP contribution in [0.3, 0.4) is 0 Å². The molecule has 194 valence electrons. The maximum absolute atomic E-state index is 14.9. The topological polar surface area (TPSA) is 97.5 Å². The molecular formula is C25H26F3N7O2. The van der Waals surface area contributed by atoms with Crippen LogP contribution in [0.2, 0.25) is 0 Å². The molecule has 1 fully saturated rings. The molecule has 1 aliphatic rings. The molecule has 0 aliphatic carbocycles. The number of likely N-dealkylation sites (tertiary alicyclic amines) is 1. The first-order valence-corrected chi connectivity index (χ1v) is 11.7. The second-order valence-electron chi connectivity index (χ2n) is 9.06. The Bertz CT molecular complexity index is 1570. The van der Waals surface area contributed by atoms with Gasteiger partial charge in [0.15, 0.2) is 11.3 Å². The predicted octanol–water partition coefficient (Wildman–Crippen LogP) is 4.41. The molecule has 0 unspecified atom stereocenters. The van der Waals surface area contributed by atoms with Crippen LogP contribution in [0.5, 0.6) is 0 Å². The van der Waals surface area contributed by atoms with E-state index >= 15 is 0 Å². The van der Waals surface area contributed by atoms with Gasteiger partial charge < -0.3 is 15.0 Å². The van der Waals surface area contributed by atoms with Gasteiger partial charge in [0, 0.05) is 38.2 Å². The first-order chi connectivity index (χ1) is 18.9. The van der Waals surface area contributed by atoms with Gasteiger partial charge in [-0.1, -0.05) is 18.2 Å². The van der Waals surface area contributed by atoms with Crippen molar-refractivity contribution in [3.8, 4) is 0 Å². The molecule has 1 saturated heterocycles. The second kappa shape index (κ2) is 9.58. The van der Waals surface area contributed by atoms with Gasteiger partial charge in [0.1, 0.15) is 24.3 Å². The van der Waals surface area contributed by atoms with Gasteiger partial charge in [0.05, 0.1) is 26.7 Å². The molecule has 0 saturated carbocycles. The molecule has 3 aromatic heterocycles. The Labute approximate surface area is 214 Å². The van der Waals surface area contributed by atoms with Crippen LogP contribution in [0.4, 0.5) is 19.0 Å². The zero-order valence-electron chi connectivity index (χ0n) is 23.1. The molecule has 0 radical (unpaired) electrons. The quantitative estimate of drug-likeness (QED) is 0.406. The summed E-state index contributed by atoms with van der Waals surface area (Å²) in [7, 11) is -2.76. The van der Waals surface area contributed by atoms with E-state index in [1.165, 1.54) is 31.7 Å². The summed E-state index contributed by atoms with van der Waals surface area (Å²) >= 11 is 0. The number of ether oxygens (including phenoxy) is 1. The summed E-state index contributed by atoms with van der Waals surface area (Å²) in [6, 6.07) is 4.69. The highest BCUT2D eigenvalue weighted by Crippen LogP contribution is 2.40. The third-order valence-electron chi connectivity index (χ3n) is 6.98. The van der Waals surface area contributed by atoms with Crippen LogP contribution in [-0.2, 0) is 15.1 Å². The smallest absolute Gasteiger partial charge is 0.266 e. The van der Waals surface area contributed by atoms with E-state index in [9.17, 15) is 18.0 Å². The average molecular weight is 517 g/mol. The first-order valence-electron chi connectivity index (χ1n) is 13.2. The third-order valence-corrected chi connectivity index (χ3v) is 6.98. The highest BCUT2D eigenvalue weighted by atomic mass is 19.3. The Kier molecular flexibility index (Phi) is 5.52. The van der Waals surface area contributed by atoms with Crippen molar-refractivity contribution in [1.29, 1.82) is 0 Å². The lowest BCUT2D eigenvalue weighted by atomic mass is 9.84. The van der Waals surface area contributed by atoms with E-state index in [0.29, 0.717) is 22.2 Å². The highest BCUT2D eigenvalue weighted by molar-refractivity contribution is 5.90. The van der Waals surface area contributed by atoms with Crippen LogP contribution in [-0.4, -0.2) is 55.5 Å². The van der Waals surface area contributed by atoms with Crippen molar-refractivity contribution in [1.82, 2.24) is 29.5 Å². The molecule has 9 nitrogen and oxygen atoms in total. The molecule has 1 aromatic carbocycles. The van der Waals surface area contributed by atoms with Gasteiger partial charge in [-0.3, -0.25) is 9.20 Å². The van der Waals surface area contributed by atoms with Gasteiger partial charge in [-0.15, -0.1) is 10.2 Å². The van der Waals surface area contributed by atoms with Crippen LogP contribution in [0, 0.1) is 5.82 Å². The number of carbonyl (C=O) groups is 1. The number of nitrogens with zero attached hydrogens (tertiary/aromatic N) is 6. The van der Waals surface area contributed by atoms with Crippen LogP contribution < -0.4 is 5.32 Å². The summed E-state index contributed by atoms with van der Waals surface area (Å²) < 4.78 is 72.4. The minimum atomic E-state index is -2.97. The number of pyridine rings is 1. The molecular weight excluding hydrogens is 487 g/mol. The fourth-order valence-corrected chi connectivity index (χ4v) is 4.91. The molecule has 1 aliphatic heterocycles. The van der Waals surface area contributed by atoms with Gasteiger partial charge in [-0.05, 0) is 25.8 Å². The number of halogens is 3. The van der Waals surface area contributed by atoms with Crippen molar-refractivity contribution in [2.24, 2.45) is 0 Å². The number of anilines is 1. The summed E-state index contributed by atoms with van der Waals surface area (Å²) in [6.07, 6.45) is 0.0821. The normalized spacial score (nSPS) is 18.0. The lowest BCUT2D eigenvalue weighted by Crippen LogP contribution is -2.45. The monoisotopic (exact) mass is 516 g/mol. The SMILES string of the molecule is [2H]C([2H])([2H])OC1(c2cc3c(N[C@H](C)c4cccc(C(F)F)c4F)ncnc3n3cnnc23)CCN(C(C)=O)CC1. The first kappa shape index (κ1) is 21.3. The van der Waals surface area contributed by atoms with E-state index in [2.05, 4.69) is 25.5 Å². The Morgan fingerprint density at radius 2 is 1.97 bits per heavy atom. The Morgan fingerprint density at radius 1 is 1.22 bits per heavy atom. The number of alkyl halides is 2. The van der Waals surface area contributed by atoms with Crippen molar-refractivity contribution >= 4 is 28.4 Å². The lowest BCUT2D eigenvalue weighted by molar-refractivity contribution is -0.134. The fraction of sp³-hybridized carbons (Fsp3) is 0.400. The number of carbonyl (C=O) groups excluding carboxylic acids is 1. The molecule has 12 heteroatoms. The van der Waals surface area contributed by atoms with E-state index in [1.54, 1.807) is 22.3 Å². The lowest BCUT2D eigenvalue weighted by Gasteiger charge is -2.41. The van der Waals surface area contributed by atoms with Crippen molar-refractivity contribution < 1.29 is 26.8 Å². The van der Waals surface area contributed by atoms with Crippen molar-refractivity contribution in [2.45, 2.75) is 44.8 Å². The largest absolute Gasteiger partial charge is 0.373 e. The standard InChI is InChI=1S/C25H26F3N7O2/c1-14(16-5-4-6-17(20(16)26)21(27)28)32-22-18-11-19(24-33-31-13-35(24)23(18)30-12-29-22)25(37-3)7-9-34(10-8-25)15(2)36/h4-6,11-14,21H,7-10H2,1-3H3,(H,29,30,32)/t14-/m1/s1/i3D3. The second-order valence-corrected chi connectivity index (χ2v) is 9.06. The number of nitrogens with one attached hydrogen (secondary N) is 1. The zero-order valence-corrected chi connectivity index (χ0v) is 20.1. The highest BCUT2D eigenvalue weighted by Gasteiger charge is 2.40. The van der Waals surface area contributed by atoms with E-state index in [4.69, 9.17) is 8.85 Å². The summed E-state index contributed by atoms with van der Waals surface area (Å²) in [4.78, 5) is 22.3. The molecule has 4 aromatic rings. The number of amides is 1. The molecule has 5 rings (SSSR count). The Balaban J connectivity index is 1.63. The number of fused-ring (bicyclic) bond motifs is 3. The van der Waals surface area contributed by atoms with Crippen molar-refractivity contribution in [3.63, 3.8) is 0 Å². The number of aromatic nitrogens is 5. The average Bonchev–Trinajstić information content (AvgIpc) is 3.38. The molecule has 4 heterocycles. The molecule has 1 N–H and O–H groups in total. The molecule has 0 spiro atoms. The number of rotatable bonds is 6. The van der Waals surface area contributed by atoms with E-state index in [0.717, 1.165) is 6.07 Å². The summed E-state index contributed by atoms with van der Waals surface area (Å²) in [6.45, 7) is 3.57. The van der Waals surface area contributed by atoms with Crippen LogP contribution >= 0.6 is 0 Å². The predicted molar refractivity (Wildman–Crippen MR) is 130 cm³/mol. The van der Waals surface area contributed by atoms with Crippen LogP contribution in [0.15, 0.2) is 36.9 Å².